The molecule has 0 saturated carbocycles. The summed E-state index contributed by atoms with van der Waals surface area (Å²) in [7, 11) is -3.51. The van der Waals surface area contributed by atoms with Gasteiger partial charge >= 0.3 is 0 Å². The van der Waals surface area contributed by atoms with Crippen LogP contribution in [-0.4, -0.2) is 31.8 Å². The highest BCUT2D eigenvalue weighted by molar-refractivity contribution is 7.99. The van der Waals surface area contributed by atoms with Crippen molar-refractivity contribution >= 4 is 9.84 Å². The fourth-order valence-corrected chi connectivity index (χ4v) is 1.98. The van der Waals surface area contributed by atoms with Crippen LogP contribution in [0.4, 0.5) is 0 Å². The first kappa shape index (κ1) is 8.45. The van der Waals surface area contributed by atoms with Crippen LogP contribution in [0.5, 0.6) is 0 Å². The van der Waals surface area contributed by atoms with Crippen LogP contribution in [0.15, 0.2) is 22.0 Å². The lowest BCUT2D eigenvalue weighted by Crippen LogP contribution is -2.08. The molecule has 62 valence electrons. The van der Waals surface area contributed by atoms with Crippen molar-refractivity contribution in [1.82, 2.24) is 0 Å². The smallest absolute Gasteiger partial charge is 0.203 e. The monoisotopic (exact) mass is 176 g/mol. The molecule has 0 unspecified atom stereocenters. The van der Waals surface area contributed by atoms with Crippen LogP contribution in [0.2, 0.25) is 0 Å². The zero-order chi connectivity index (χ0) is 8.48. The quantitative estimate of drug-likeness (QED) is 0.575. The number of hydrogen-bond acceptors (Lipinski definition) is 4. The number of hydrogen-bond donors (Lipinski definition) is 2. The van der Waals surface area contributed by atoms with Gasteiger partial charge in [0.2, 0.25) is 9.84 Å². The zero-order valence-electron chi connectivity index (χ0n) is 5.69. The Morgan fingerprint density at radius 1 is 1.09 bits per heavy atom. The van der Waals surface area contributed by atoms with Gasteiger partial charge in [-0.15, -0.1) is 0 Å². The van der Waals surface area contributed by atoms with Crippen LogP contribution in [0, 0.1) is 0 Å². The highest BCUT2D eigenvalue weighted by Gasteiger charge is 2.25. The van der Waals surface area contributed by atoms with Crippen LogP contribution in [0.3, 0.4) is 0 Å². The SMILES string of the molecule is O=S1(=O)C(CO)=CC=C1CO. The average molecular weight is 176 g/mol. The Hall–Kier alpha value is -0.650. The molecule has 0 bridgehead atoms. The molecule has 0 aromatic heterocycles. The van der Waals surface area contributed by atoms with E-state index in [-0.39, 0.29) is 9.81 Å². The second-order valence-electron chi connectivity index (χ2n) is 2.09. The maximum absolute atomic E-state index is 11.1. The fraction of sp³-hybridized carbons (Fsp3) is 0.333. The van der Waals surface area contributed by atoms with E-state index in [1.54, 1.807) is 0 Å². The lowest BCUT2D eigenvalue weighted by atomic mass is 10.4. The maximum atomic E-state index is 11.1. The fourth-order valence-electron chi connectivity index (χ4n) is 0.809. The second kappa shape index (κ2) is 2.77. The topological polar surface area (TPSA) is 74.6 Å². The number of sulfone groups is 1. The Balaban J connectivity index is 3.05. The van der Waals surface area contributed by atoms with Crippen molar-refractivity contribution < 1.29 is 18.6 Å². The molecule has 4 nitrogen and oxygen atoms in total. The van der Waals surface area contributed by atoms with E-state index >= 15 is 0 Å². The van der Waals surface area contributed by atoms with Gasteiger partial charge < -0.3 is 10.2 Å². The van der Waals surface area contributed by atoms with Gasteiger partial charge in [-0.3, -0.25) is 0 Å². The molecule has 0 saturated heterocycles. The Kier molecular flexibility index (Phi) is 2.12. The van der Waals surface area contributed by atoms with Gasteiger partial charge in [-0.1, -0.05) is 0 Å². The van der Waals surface area contributed by atoms with Crippen molar-refractivity contribution in [2.24, 2.45) is 0 Å². The zero-order valence-corrected chi connectivity index (χ0v) is 6.50. The predicted molar refractivity (Wildman–Crippen MR) is 39.3 cm³/mol. The highest BCUT2D eigenvalue weighted by Crippen LogP contribution is 2.22. The average Bonchev–Trinajstić information content (AvgIpc) is 2.24. The van der Waals surface area contributed by atoms with Crippen molar-refractivity contribution in [1.29, 1.82) is 0 Å². The van der Waals surface area contributed by atoms with Crippen LogP contribution >= 0.6 is 0 Å². The van der Waals surface area contributed by atoms with Gasteiger partial charge in [-0.25, -0.2) is 8.42 Å². The standard InChI is InChI=1S/C6H8O4S/c7-3-5-1-2-6(4-8)11(5,9)10/h1-2,7-8H,3-4H2. The van der Waals surface area contributed by atoms with Gasteiger partial charge in [0.25, 0.3) is 0 Å². The van der Waals surface area contributed by atoms with Crippen molar-refractivity contribution in [3.05, 3.63) is 22.0 Å². The van der Waals surface area contributed by atoms with E-state index in [2.05, 4.69) is 0 Å². The molecular formula is C6H8O4S. The van der Waals surface area contributed by atoms with E-state index in [1.165, 1.54) is 12.2 Å². The van der Waals surface area contributed by atoms with E-state index < -0.39 is 23.1 Å². The number of rotatable bonds is 2. The van der Waals surface area contributed by atoms with Gasteiger partial charge in [0, 0.05) is 0 Å². The van der Waals surface area contributed by atoms with Crippen LogP contribution < -0.4 is 0 Å². The summed E-state index contributed by atoms with van der Waals surface area (Å²) in [6.45, 7) is -1.02. The first-order chi connectivity index (χ1) is 5.12. The molecule has 1 rings (SSSR count). The van der Waals surface area contributed by atoms with E-state index in [9.17, 15) is 8.42 Å². The summed E-state index contributed by atoms with van der Waals surface area (Å²) in [5.74, 6) is 0. The molecule has 0 aromatic carbocycles. The predicted octanol–water partition coefficient (Wildman–Crippen LogP) is -0.833. The minimum absolute atomic E-state index is 0.0541. The highest BCUT2D eigenvalue weighted by atomic mass is 32.2. The molecule has 0 amide bonds. The third-order valence-electron chi connectivity index (χ3n) is 1.46. The lowest BCUT2D eigenvalue weighted by Gasteiger charge is -2.00. The van der Waals surface area contributed by atoms with Crippen LogP contribution in [0.1, 0.15) is 0 Å². The number of allylic oxidation sites excluding steroid dienone is 2. The van der Waals surface area contributed by atoms with Gasteiger partial charge in [-0.05, 0) is 12.2 Å². The van der Waals surface area contributed by atoms with E-state index in [0.29, 0.717) is 0 Å². The molecule has 0 atom stereocenters. The van der Waals surface area contributed by atoms with Crippen molar-refractivity contribution in [2.75, 3.05) is 13.2 Å². The normalized spacial score (nSPS) is 21.3. The molecule has 1 heterocycles. The lowest BCUT2D eigenvalue weighted by molar-refractivity contribution is 0.335. The van der Waals surface area contributed by atoms with E-state index in [0.717, 1.165) is 0 Å². The Morgan fingerprint density at radius 3 is 1.64 bits per heavy atom. The molecule has 0 spiro atoms. The summed E-state index contributed by atoms with van der Waals surface area (Å²) in [5, 5.41) is 17.1. The molecule has 2 N–H and O–H groups in total. The summed E-state index contributed by atoms with van der Waals surface area (Å²) in [4.78, 5) is -0.108. The number of aliphatic hydroxyl groups excluding tert-OH is 2. The molecule has 0 radical (unpaired) electrons. The summed E-state index contributed by atoms with van der Waals surface area (Å²) in [6.07, 6.45) is 2.59. The van der Waals surface area contributed by atoms with Crippen LogP contribution in [-0.2, 0) is 9.84 Å². The molecular weight excluding hydrogens is 168 g/mol. The molecule has 5 heteroatoms. The third-order valence-corrected chi connectivity index (χ3v) is 3.37. The largest absolute Gasteiger partial charge is 0.391 e. The van der Waals surface area contributed by atoms with Gasteiger partial charge in [0.1, 0.15) is 0 Å². The minimum Gasteiger partial charge on any atom is -0.391 e. The molecule has 11 heavy (non-hydrogen) atoms. The first-order valence-corrected chi connectivity index (χ1v) is 4.47. The van der Waals surface area contributed by atoms with E-state index in [4.69, 9.17) is 10.2 Å². The van der Waals surface area contributed by atoms with E-state index in [1.807, 2.05) is 0 Å². The molecule has 0 fully saturated rings. The van der Waals surface area contributed by atoms with Gasteiger partial charge in [0.15, 0.2) is 0 Å². The summed E-state index contributed by atoms with van der Waals surface area (Å²) < 4.78 is 22.2. The van der Waals surface area contributed by atoms with Crippen molar-refractivity contribution in [2.45, 2.75) is 0 Å². The van der Waals surface area contributed by atoms with Gasteiger partial charge in [0.05, 0.1) is 23.0 Å². The summed E-state index contributed by atoms with van der Waals surface area (Å²) >= 11 is 0. The summed E-state index contributed by atoms with van der Waals surface area (Å²) in [5.41, 5.74) is 0. The second-order valence-corrected chi connectivity index (χ2v) is 4.14. The van der Waals surface area contributed by atoms with Crippen molar-refractivity contribution in [3.63, 3.8) is 0 Å². The number of aliphatic hydroxyl groups is 2. The summed E-state index contributed by atoms with van der Waals surface area (Å²) in [6, 6.07) is 0. The molecule has 1 aliphatic rings. The Bertz CT molecular complexity index is 283. The molecule has 0 aliphatic carbocycles. The maximum Gasteiger partial charge on any atom is 0.203 e. The molecule has 0 aromatic rings. The van der Waals surface area contributed by atoms with Gasteiger partial charge in [-0.2, -0.15) is 0 Å². The minimum atomic E-state index is -3.51. The Morgan fingerprint density at radius 2 is 1.45 bits per heavy atom. The first-order valence-electron chi connectivity index (χ1n) is 2.99. The third kappa shape index (κ3) is 1.22. The van der Waals surface area contributed by atoms with Crippen molar-refractivity contribution in [3.8, 4) is 0 Å². The molecule has 1 aliphatic heterocycles. The Labute approximate surface area is 64.4 Å². The van der Waals surface area contributed by atoms with Crippen LogP contribution in [0.25, 0.3) is 0 Å².